The van der Waals surface area contributed by atoms with E-state index < -0.39 is 0 Å². The van der Waals surface area contributed by atoms with Gasteiger partial charge in [-0.15, -0.1) is 12.4 Å². The van der Waals surface area contributed by atoms with Crippen LogP contribution in [0.2, 0.25) is 0 Å². The summed E-state index contributed by atoms with van der Waals surface area (Å²) in [7, 11) is 0. The molecule has 0 aromatic carbocycles. The van der Waals surface area contributed by atoms with Crippen LogP contribution in [0.4, 0.5) is 0 Å². The largest absolute Gasteiger partial charge is 0.343 e. The molecule has 0 aromatic heterocycles. The van der Waals surface area contributed by atoms with Gasteiger partial charge in [-0.05, 0) is 38.1 Å². The summed E-state index contributed by atoms with van der Waals surface area (Å²) in [6, 6.07) is 0. The third-order valence-electron chi connectivity index (χ3n) is 3.17. The number of nitrogens with zero attached hydrogens (tertiary/aromatic N) is 1. The van der Waals surface area contributed by atoms with Crippen LogP contribution < -0.4 is 5.32 Å². The maximum Gasteiger partial charge on any atom is 0.223 e. The number of hydrogen-bond donors (Lipinski definition) is 1. The number of amides is 1. The van der Waals surface area contributed by atoms with Gasteiger partial charge in [-0.2, -0.15) is 11.8 Å². The fourth-order valence-corrected chi connectivity index (χ4v) is 2.46. The van der Waals surface area contributed by atoms with Crippen molar-refractivity contribution in [1.29, 1.82) is 0 Å². The Morgan fingerprint density at radius 1 is 1.41 bits per heavy atom. The van der Waals surface area contributed by atoms with Crippen LogP contribution in [0.25, 0.3) is 0 Å². The third-order valence-corrected chi connectivity index (χ3v) is 3.78. The highest BCUT2D eigenvalue weighted by atomic mass is 35.5. The van der Waals surface area contributed by atoms with Gasteiger partial charge in [0.2, 0.25) is 5.91 Å². The number of rotatable bonds is 6. The first-order chi connectivity index (χ1) is 7.77. The van der Waals surface area contributed by atoms with Gasteiger partial charge in [-0.1, -0.05) is 6.92 Å². The molecule has 1 aliphatic rings. The zero-order valence-corrected chi connectivity index (χ0v) is 12.5. The highest BCUT2D eigenvalue weighted by Crippen LogP contribution is 2.17. The summed E-state index contributed by atoms with van der Waals surface area (Å²) in [6.45, 7) is 6.23. The number of halogens is 1. The molecule has 0 bridgehead atoms. The number of thioether (sulfide) groups is 1. The lowest BCUT2D eigenvalue weighted by atomic mass is 9.96. The van der Waals surface area contributed by atoms with E-state index in [2.05, 4.69) is 18.5 Å². The second-order valence-corrected chi connectivity index (χ2v) is 5.36. The minimum Gasteiger partial charge on any atom is -0.343 e. The van der Waals surface area contributed by atoms with Gasteiger partial charge >= 0.3 is 0 Å². The normalized spacial score (nSPS) is 16.7. The molecule has 5 heteroatoms. The van der Waals surface area contributed by atoms with E-state index in [-0.39, 0.29) is 12.4 Å². The molecule has 1 N–H and O–H groups in total. The number of carbonyl (C=O) groups is 1. The second kappa shape index (κ2) is 10.0. The van der Waals surface area contributed by atoms with Gasteiger partial charge in [0.15, 0.2) is 0 Å². The lowest BCUT2D eigenvalue weighted by Gasteiger charge is -2.32. The fraction of sp³-hybridized carbons (Fsp3) is 0.917. The predicted molar refractivity (Wildman–Crippen MR) is 78.1 cm³/mol. The Kier molecular flexibility index (Phi) is 10.1. The first-order valence-corrected chi connectivity index (χ1v) is 7.64. The van der Waals surface area contributed by atoms with Gasteiger partial charge in [-0.25, -0.2) is 0 Å². The zero-order chi connectivity index (χ0) is 11.8. The summed E-state index contributed by atoms with van der Waals surface area (Å²) < 4.78 is 0. The van der Waals surface area contributed by atoms with E-state index in [1.54, 1.807) is 11.8 Å². The van der Waals surface area contributed by atoms with E-state index in [9.17, 15) is 4.79 Å². The molecule has 0 aromatic rings. The van der Waals surface area contributed by atoms with Crippen molar-refractivity contribution >= 4 is 30.1 Å². The summed E-state index contributed by atoms with van der Waals surface area (Å²) in [5.41, 5.74) is 0. The third kappa shape index (κ3) is 6.53. The van der Waals surface area contributed by atoms with E-state index in [0.717, 1.165) is 50.7 Å². The lowest BCUT2D eigenvalue weighted by Crippen LogP contribution is -2.40. The molecule has 0 atom stereocenters. The monoisotopic (exact) mass is 280 g/mol. The molecular formula is C12H25ClN2OS. The number of nitrogens with one attached hydrogen (secondary N) is 1. The number of likely N-dealkylation sites (tertiary alicyclic amines) is 1. The predicted octanol–water partition coefficient (Wildman–Crippen LogP) is 2.01. The molecule has 17 heavy (non-hydrogen) atoms. The molecule has 0 spiro atoms. The zero-order valence-electron chi connectivity index (χ0n) is 10.9. The molecule has 1 fully saturated rings. The summed E-state index contributed by atoms with van der Waals surface area (Å²) in [5, 5.41) is 3.39. The minimum absolute atomic E-state index is 0. The van der Waals surface area contributed by atoms with Crippen molar-refractivity contribution in [3.63, 3.8) is 0 Å². The lowest BCUT2D eigenvalue weighted by molar-refractivity contribution is -0.132. The van der Waals surface area contributed by atoms with E-state index in [1.807, 2.05) is 4.90 Å². The summed E-state index contributed by atoms with van der Waals surface area (Å²) >= 11 is 1.75. The first-order valence-electron chi connectivity index (χ1n) is 6.25. The molecular weight excluding hydrogens is 256 g/mol. The van der Waals surface area contributed by atoms with Crippen LogP contribution in [0.15, 0.2) is 0 Å². The van der Waals surface area contributed by atoms with E-state index in [1.165, 1.54) is 0 Å². The van der Waals surface area contributed by atoms with E-state index in [4.69, 9.17) is 0 Å². The van der Waals surface area contributed by atoms with E-state index in [0.29, 0.717) is 12.3 Å². The topological polar surface area (TPSA) is 32.3 Å². The van der Waals surface area contributed by atoms with Crippen molar-refractivity contribution in [2.45, 2.75) is 26.2 Å². The van der Waals surface area contributed by atoms with Crippen LogP contribution in [0.1, 0.15) is 26.2 Å². The van der Waals surface area contributed by atoms with Crippen LogP contribution in [0, 0.1) is 5.92 Å². The summed E-state index contributed by atoms with van der Waals surface area (Å²) in [4.78, 5) is 13.8. The average Bonchev–Trinajstić information content (AvgIpc) is 2.34. The van der Waals surface area contributed by atoms with Crippen molar-refractivity contribution < 1.29 is 4.79 Å². The van der Waals surface area contributed by atoms with Gasteiger partial charge in [0.25, 0.3) is 0 Å². The van der Waals surface area contributed by atoms with Gasteiger partial charge < -0.3 is 10.2 Å². The van der Waals surface area contributed by atoms with Crippen molar-refractivity contribution in [2.24, 2.45) is 5.92 Å². The van der Waals surface area contributed by atoms with Gasteiger partial charge in [0.1, 0.15) is 0 Å². The fourth-order valence-electron chi connectivity index (χ4n) is 2.08. The molecule has 0 aliphatic carbocycles. The van der Waals surface area contributed by atoms with Crippen molar-refractivity contribution in [3.8, 4) is 0 Å². The summed E-state index contributed by atoms with van der Waals surface area (Å²) in [5.74, 6) is 2.07. The second-order valence-electron chi connectivity index (χ2n) is 4.37. The highest BCUT2D eigenvalue weighted by Gasteiger charge is 2.21. The Morgan fingerprint density at radius 2 is 2.06 bits per heavy atom. The van der Waals surface area contributed by atoms with Crippen LogP contribution in [-0.2, 0) is 4.79 Å². The van der Waals surface area contributed by atoms with Crippen LogP contribution in [0.5, 0.6) is 0 Å². The standard InChI is InChI=1S/C12H24N2OS.ClH/c1-3-13-10-11-4-7-14(8-5-11)12(15)6-9-16-2;/h11,13H,3-10H2,1-2H3;1H. The van der Waals surface area contributed by atoms with Crippen LogP contribution in [-0.4, -0.2) is 49.0 Å². The maximum absolute atomic E-state index is 11.8. The van der Waals surface area contributed by atoms with Gasteiger partial charge in [0.05, 0.1) is 0 Å². The van der Waals surface area contributed by atoms with Gasteiger partial charge in [-0.3, -0.25) is 4.79 Å². The molecule has 0 unspecified atom stereocenters. The first kappa shape index (κ1) is 17.1. The molecule has 3 nitrogen and oxygen atoms in total. The maximum atomic E-state index is 11.8. The molecule has 1 amide bonds. The Balaban J connectivity index is 0.00000256. The van der Waals surface area contributed by atoms with Gasteiger partial charge in [0, 0.05) is 25.3 Å². The molecule has 0 radical (unpaired) electrons. The Hall–Kier alpha value is 0.0700. The Morgan fingerprint density at radius 3 is 2.59 bits per heavy atom. The highest BCUT2D eigenvalue weighted by molar-refractivity contribution is 7.98. The van der Waals surface area contributed by atoms with Crippen molar-refractivity contribution in [3.05, 3.63) is 0 Å². The minimum atomic E-state index is 0. The smallest absolute Gasteiger partial charge is 0.223 e. The molecule has 1 aliphatic heterocycles. The van der Waals surface area contributed by atoms with E-state index >= 15 is 0 Å². The Bertz CT molecular complexity index is 209. The SMILES string of the molecule is CCNCC1CCN(C(=O)CCSC)CC1.Cl. The molecule has 1 saturated heterocycles. The molecule has 0 saturated carbocycles. The number of carbonyl (C=O) groups excluding carboxylic acids is 1. The Labute approximate surface area is 115 Å². The summed E-state index contributed by atoms with van der Waals surface area (Å²) in [6.07, 6.45) is 5.09. The quantitative estimate of drug-likeness (QED) is 0.808. The molecule has 1 heterocycles. The number of hydrogen-bond acceptors (Lipinski definition) is 3. The van der Waals surface area contributed by atoms with Crippen molar-refractivity contribution in [2.75, 3.05) is 38.2 Å². The van der Waals surface area contributed by atoms with Crippen LogP contribution in [0.3, 0.4) is 0 Å². The molecule has 1 rings (SSSR count). The average molecular weight is 281 g/mol. The van der Waals surface area contributed by atoms with Crippen molar-refractivity contribution in [1.82, 2.24) is 10.2 Å². The van der Waals surface area contributed by atoms with Crippen LogP contribution >= 0.6 is 24.2 Å². The molecule has 102 valence electrons. The number of piperidine rings is 1.